The quantitative estimate of drug-likeness (QED) is 0.235. The lowest BCUT2D eigenvalue weighted by Gasteiger charge is -2.30. The van der Waals surface area contributed by atoms with Gasteiger partial charge in [-0.15, -0.1) is 0 Å². The van der Waals surface area contributed by atoms with Gasteiger partial charge in [-0.05, 0) is 60.5 Å². The summed E-state index contributed by atoms with van der Waals surface area (Å²) in [5.74, 6) is 0.910. The molecule has 226 valence electrons. The van der Waals surface area contributed by atoms with E-state index in [0.717, 1.165) is 27.1 Å². The number of fused-ring (bicyclic) bond motifs is 3. The number of ether oxygens (including phenoxy) is 2. The first-order valence-corrected chi connectivity index (χ1v) is 15.6. The molecule has 5 aromatic rings. The topological polar surface area (TPSA) is 96.9 Å². The molecular weight excluding hydrogens is 584 g/mol. The molecule has 1 amide bonds. The summed E-state index contributed by atoms with van der Waals surface area (Å²) in [7, 11) is 1.60. The minimum absolute atomic E-state index is 0.128. The Hall–Kier alpha value is -5.20. The summed E-state index contributed by atoms with van der Waals surface area (Å²) in [5, 5.41) is 12.9. The zero-order valence-corrected chi connectivity index (χ0v) is 26.4. The molecule has 9 heteroatoms. The Morgan fingerprint density at radius 1 is 1.00 bits per heavy atom. The van der Waals surface area contributed by atoms with Crippen LogP contribution >= 0.6 is 11.3 Å². The van der Waals surface area contributed by atoms with Crippen molar-refractivity contribution in [2.45, 2.75) is 26.8 Å². The van der Waals surface area contributed by atoms with Gasteiger partial charge in [0.05, 0.1) is 22.9 Å². The first kappa shape index (κ1) is 29.9. The number of hydrogen-bond donors (Lipinski definition) is 0. The van der Waals surface area contributed by atoms with Crippen molar-refractivity contribution >= 4 is 44.9 Å². The van der Waals surface area contributed by atoms with Gasteiger partial charge in [0.1, 0.15) is 23.6 Å². The van der Waals surface area contributed by atoms with Gasteiger partial charge >= 0.3 is 0 Å². The molecule has 0 aliphatic carbocycles. The van der Waals surface area contributed by atoms with Crippen molar-refractivity contribution in [1.29, 1.82) is 5.26 Å². The van der Waals surface area contributed by atoms with E-state index in [1.807, 2.05) is 106 Å². The van der Waals surface area contributed by atoms with Gasteiger partial charge in [0.2, 0.25) is 0 Å². The lowest BCUT2D eigenvalue weighted by atomic mass is 9.90. The van der Waals surface area contributed by atoms with Crippen molar-refractivity contribution in [3.05, 3.63) is 115 Å². The molecule has 0 N–H and O–H groups in total. The Kier molecular flexibility index (Phi) is 8.24. The molecule has 6 rings (SSSR count). The number of carbonyl (C=O) groups excluding carboxylic acids is 1. The van der Waals surface area contributed by atoms with Gasteiger partial charge in [-0.1, -0.05) is 72.0 Å². The molecule has 0 saturated heterocycles. The maximum absolute atomic E-state index is 14.6. The monoisotopic (exact) mass is 616 g/mol. The van der Waals surface area contributed by atoms with E-state index in [2.05, 4.69) is 0 Å². The van der Waals surface area contributed by atoms with Crippen molar-refractivity contribution in [2.75, 3.05) is 26.8 Å². The molecule has 1 atom stereocenters. The smallest absolute Gasteiger partial charge is 0.271 e. The summed E-state index contributed by atoms with van der Waals surface area (Å²) in [4.78, 5) is 35.9. The summed E-state index contributed by atoms with van der Waals surface area (Å²) in [6.07, 6.45) is 1.81. The van der Waals surface area contributed by atoms with Crippen LogP contribution in [0, 0.1) is 11.3 Å². The number of thiazole rings is 1. The lowest BCUT2D eigenvalue weighted by molar-refractivity contribution is -0.127. The molecule has 1 aromatic heterocycles. The van der Waals surface area contributed by atoms with Gasteiger partial charge < -0.3 is 14.4 Å². The highest BCUT2D eigenvalue weighted by molar-refractivity contribution is 7.07. The van der Waals surface area contributed by atoms with Gasteiger partial charge in [-0.3, -0.25) is 14.2 Å². The third-order valence-corrected chi connectivity index (χ3v) is 9.21. The Balaban J connectivity index is 1.68. The highest BCUT2D eigenvalue weighted by atomic mass is 32.1. The first-order valence-electron chi connectivity index (χ1n) is 14.8. The Morgan fingerprint density at radius 2 is 1.64 bits per heavy atom. The summed E-state index contributed by atoms with van der Waals surface area (Å²) >= 11 is 1.26. The number of carbonyl (C=O) groups is 1. The lowest BCUT2D eigenvalue weighted by Crippen LogP contribution is -2.43. The molecular formula is C36H32N4O4S. The van der Waals surface area contributed by atoms with E-state index >= 15 is 0 Å². The molecule has 45 heavy (non-hydrogen) atoms. The van der Waals surface area contributed by atoms with Crippen LogP contribution in [0.3, 0.4) is 0 Å². The van der Waals surface area contributed by atoms with Crippen LogP contribution in [0.25, 0.3) is 27.6 Å². The maximum Gasteiger partial charge on any atom is 0.271 e. The minimum Gasteiger partial charge on any atom is -0.496 e. The van der Waals surface area contributed by atoms with E-state index < -0.39 is 6.04 Å². The largest absolute Gasteiger partial charge is 0.496 e. The predicted octanol–water partition coefficient (Wildman–Crippen LogP) is 5.32. The third kappa shape index (κ3) is 5.17. The van der Waals surface area contributed by atoms with E-state index in [9.17, 15) is 14.9 Å². The molecule has 2 heterocycles. The molecule has 0 saturated carbocycles. The molecule has 4 aromatic carbocycles. The van der Waals surface area contributed by atoms with Crippen LogP contribution < -0.4 is 24.4 Å². The zero-order valence-electron chi connectivity index (χ0n) is 25.5. The average Bonchev–Trinajstić information content (AvgIpc) is 3.37. The Labute approximate surface area is 264 Å². The number of nitrogens with zero attached hydrogens (tertiary/aromatic N) is 4. The second-order valence-corrected chi connectivity index (χ2v) is 11.6. The fourth-order valence-corrected chi connectivity index (χ4v) is 7.10. The second-order valence-electron chi connectivity index (χ2n) is 10.6. The number of nitriles is 1. The molecule has 0 bridgehead atoms. The summed E-state index contributed by atoms with van der Waals surface area (Å²) in [5.41, 5.74) is 2.15. The van der Waals surface area contributed by atoms with Gasteiger partial charge in [-0.25, -0.2) is 4.99 Å². The molecule has 0 radical (unpaired) electrons. The van der Waals surface area contributed by atoms with Crippen molar-refractivity contribution in [3.63, 3.8) is 0 Å². The van der Waals surface area contributed by atoms with Crippen LogP contribution in [0.15, 0.2) is 93.9 Å². The SMILES string of the molecule is CCN(CC)C(=O)C1=C(C)N=c2s/c(=C/c3c(OCC#N)ccc4ccccc34)c(=O)n2[C@@H]1c1c(OC)ccc2ccccc12. The predicted molar refractivity (Wildman–Crippen MR) is 177 cm³/mol. The maximum atomic E-state index is 14.6. The molecule has 0 fully saturated rings. The van der Waals surface area contributed by atoms with E-state index in [0.29, 0.717) is 50.8 Å². The van der Waals surface area contributed by atoms with Crippen molar-refractivity contribution in [1.82, 2.24) is 9.47 Å². The van der Waals surface area contributed by atoms with E-state index in [-0.39, 0.29) is 18.1 Å². The van der Waals surface area contributed by atoms with Crippen LogP contribution in [0.2, 0.25) is 0 Å². The van der Waals surface area contributed by atoms with Gasteiger partial charge in [0, 0.05) is 24.2 Å². The number of benzene rings is 4. The number of hydrogen-bond acceptors (Lipinski definition) is 7. The van der Waals surface area contributed by atoms with Crippen LogP contribution in [0.4, 0.5) is 0 Å². The summed E-state index contributed by atoms with van der Waals surface area (Å²) < 4.78 is 13.8. The fourth-order valence-electron chi connectivity index (χ4n) is 6.08. The van der Waals surface area contributed by atoms with E-state index in [1.54, 1.807) is 16.6 Å². The normalized spacial score (nSPS) is 14.6. The third-order valence-electron chi connectivity index (χ3n) is 8.23. The standard InChI is InChI=1S/C36H32N4O4S/c1-5-39(6-2)35(42)31-22(3)38-36-40(33(31)32-26-14-10-8-12-24(26)16-18-29(32)43-4)34(41)30(45-36)21-27-25-13-9-7-11-23(25)15-17-28(27)44-20-19-37/h7-18,21,33H,5-6,20H2,1-4H3/b30-21+/t33-/m0/s1. The number of rotatable bonds is 8. The minimum atomic E-state index is -0.778. The van der Waals surface area contributed by atoms with Crippen LogP contribution in [-0.4, -0.2) is 42.2 Å². The second kappa shape index (κ2) is 12.4. The molecule has 8 nitrogen and oxygen atoms in total. The Bertz CT molecular complexity index is 2220. The van der Waals surface area contributed by atoms with Gasteiger partial charge in [-0.2, -0.15) is 5.26 Å². The van der Waals surface area contributed by atoms with Crippen LogP contribution in [0.5, 0.6) is 11.5 Å². The van der Waals surface area contributed by atoms with E-state index in [4.69, 9.17) is 14.5 Å². The summed E-state index contributed by atoms with van der Waals surface area (Å²) in [6.45, 7) is 6.62. The van der Waals surface area contributed by atoms with Crippen LogP contribution in [0.1, 0.15) is 37.9 Å². The van der Waals surface area contributed by atoms with Gasteiger partial charge in [0.15, 0.2) is 11.4 Å². The summed E-state index contributed by atoms with van der Waals surface area (Å²) in [6, 6.07) is 24.6. The average molecular weight is 617 g/mol. The molecule has 1 aliphatic heterocycles. The van der Waals surface area contributed by atoms with Gasteiger partial charge in [0.25, 0.3) is 11.5 Å². The Morgan fingerprint density at radius 3 is 2.31 bits per heavy atom. The zero-order chi connectivity index (χ0) is 31.7. The fraction of sp³-hybridized carbons (Fsp3) is 0.222. The van der Waals surface area contributed by atoms with Crippen molar-refractivity contribution < 1.29 is 14.3 Å². The molecule has 0 spiro atoms. The number of aromatic nitrogens is 1. The first-order chi connectivity index (χ1) is 21.9. The van der Waals surface area contributed by atoms with Crippen LogP contribution in [-0.2, 0) is 4.79 Å². The highest BCUT2D eigenvalue weighted by Crippen LogP contribution is 2.40. The molecule has 1 aliphatic rings. The van der Waals surface area contributed by atoms with E-state index in [1.165, 1.54) is 11.3 Å². The van der Waals surface area contributed by atoms with Crippen molar-refractivity contribution in [2.24, 2.45) is 4.99 Å². The number of likely N-dealkylation sites (N-methyl/N-ethyl adjacent to an activating group) is 1. The number of amides is 1. The highest BCUT2D eigenvalue weighted by Gasteiger charge is 2.36. The van der Waals surface area contributed by atoms with Crippen molar-refractivity contribution in [3.8, 4) is 17.6 Å². The molecule has 0 unspecified atom stereocenters. The number of methoxy groups -OCH3 is 1. The number of allylic oxidation sites excluding steroid dienone is 1.